The lowest BCUT2D eigenvalue weighted by Crippen LogP contribution is -2.21. The van der Waals surface area contributed by atoms with Gasteiger partial charge in [0.15, 0.2) is 0 Å². The summed E-state index contributed by atoms with van der Waals surface area (Å²) < 4.78 is 0. The van der Waals surface area contributed by atoms with Gasteiger partial charge in [-0.2, -0.15) is 0 Å². The largest absolute Gasteiger partial charge is 0.401 e. The van der Waals surface area contributed by atoms with Crippen LogP contribution in [0.1, 0.15) is 5.69 Å². The smallest absolute Gasteiger partial charge is 0.276 e. The Morgan fingerprint density at radius 3 is 2.83 bits per heavy atom. The van der Waals surface area contributed by atoms with E-state index in [1.807, 2.05) is 0 Å². The molecule has 7 N–H and O–H groups in total. The number of anilines is 2. The van der Waals surface area contributed by atoms with Crippen molar-refractivity contribution in [2.75, 3.05) is 24.2 Å². The second-order valence-corrected chi connectivity index (χ2v) is 3.33. The van der Waals surface area contributed by atoms with E-state index < -0.39 is 0 Å². The van der Waals surface area contributed by atoms with E-state index in [4.69, 9.17) is 16.6 Å². The maximum Gasteiger partial charge on any atom is 0.276 e. The highest BCUT2D eigenvalue weighted by Gasteiger charge is 2.07. The number of hydrogen-bond acceptors (Lipinski definition) is 7. The van der Waals surface area contributed by atoms with E-state index in [0.29, 0.717) is 5.70 Å². The minimum absolute atomic E-state index is 0.221. The van der Waals surface area contributed by atoms with Crippen LogP contribution in [0.15, 0.2) is 16.6 Å². The van der Waals surface area contributed by atoms with Crippen molar-refractivity contribution in [2.45, 2.75) is 0 Å². The van der Waals surface area contributed by atoms with Gasteiger partial charge in [0.05, 0.1) is 6.54 Å². The number of aromatic nitrogens is 2. The van der Waals surface area contributed by atoms with Crippen molar-refractivity contribution in [1.82, 2.24) is 9.97 Å². The van der Waals surface area contributed by atoms with Gasteiger partial charge in [0.25, 0.3) is 5.56 Å². The number of nitrogens with two attached hydrogens (primary N) is 1. The molecule has 0 aromatic carbocycles. The number of nitrogens with zero attached hydrogens (tertiary/aromatic N) is 1. The zero-order valence-corrected chi connectivity index (χ0v) is 9.87. The molecule has 1 rings (SSSR count). The summed E-state index contributed by atoms with van der Waals surface area (Å²) in [6.45, 7) is 0.245. The average Bonchev–Trinajstić information content (AvgIpc) is 2.36. The molecule has 0 aliphatic heterocycles. The third kappa shape index (κ3) is 3.17. The number of aromatic amines is 1. The predicted octanol–water partition coefficient (Wildman–Crippen LogP) is -0.287. The molecule has 0 aliphatic carbocycles. The Balaban J connectivity index is 2.95. The van der Waals surface area contributed by atoms with Crippen molar-refractivity contribution in [3.63, 3.8) is 0 Å². The highest BCUT2D eigenvalue weighted by molar-refractivity contribution is 5.83. The topological polar surface area (TPSA) is 144 Å². The van der Waals surface area contributed by atoms with Gasteiger partial charge < -0.3 is 27.2 Å². The first-order chi connectivity index (χ1) is 8.62. The lowest BCUT2D eigenvalue weighted by molar-refractivity contribution is 1.05. The van der Waals surface area contributed by atoms with E-state index in [1.165, 1.54) is 6.08 Å². The molecule has 1 aromatic rings. The normalized spacial score (nSPS) is 10.8. The molecule has 0 amide bonds. The molecule has 0 saturated heterocycles. The fourth-order valence-electron chi connectivity index (χ4n) is 1.27. The molecule has 18 heavy (non-hydrogen) atoms. The van der Waals surface area contributed by atoms with Crippen molar-refractivity contribution in [2.24, 2.45) is 5.73 Å². The van der Waals surface area contributed by atoms with E-state index in [0.717, 1.165) is 12.4 Å². The van der Waals surface area contributed by atoms with Gasteiger partial charge in [-0.3, -0.25) is 9.78 Å². The second-order valence-electron chi connectivity index (χ2n) is 3.33. The quantitative estimate of drug-likeness (QED) is 0.384. The number of nitrogens with one attached hydrogen (secondary N) is 5. The van der Waals surface area contributed by atoms with E-state index in [-0.39, 0.29) is 29.4 Å². The number of hydrogen-bond donors (Lipinski definition) is 6. The van der Waals surface area contributed by atoms with E-state index in [1.54, 1.807) is 7.05 Å². The summed E-state index contributed by atoms with van der Waals surface area (Å²) in [4.78, 5) is 18.2. The van der Waals surface area contributed by atoms with Crippen LogP contribution in [0.2, 0.25) is 0 Å². The number of allylic oxidation sites excluding steroid dienone is 1. The summed E-state index contributed by atoms with van der Waals surface area (Å²) in [5.41, 5.74) is 6.10. The van der Waals surface area contributed by atoms with Crippen LogP contribution in [0, 0.1) is 10.8 Å². The molecule has 96 valence electrons. The number of rotatable bonds is 6. The minimum atomic E-state index is -0.372. The van der Waals surface area contributed by atoms with Crippen LogP contribution in [0.25, 0.3) is 0 Å². The first-order valence-corrected chi connectivity index (χ1v) is 5.14. The fraction of sp³-hybridized carbons (Fsp3) is 0.200. The molecule has 0 radical (unpaired) electrons. The lowest BCUT2D eigenvalue weighted by atomic mass is 10.3. The monoisotopic (exact) mass is 249 g/mol. The summed E-state index contributed by atoms with van der Waals surface area (Å²) in [5.74, 6) is 0.221. The van der Waals surface area contributed by atoms with Gasteiger partial charge in [-0.1, -0.05) is 0 Å². The van der Waals surface area contributed by atoms with Crippen LogP contribution in [0.4, 0.5) is 11.6 Å². The lowest BCUT2D eigenvalue weighted by Gasteiger charge is -2.08. The summed E-state index contributed by atoms with van der Waals surface area (Å²) in [6, 6.07) is 0. The maximum atomic E-state index is 11.6. The van der Waals surface area contributed by atoms with Gasteiger partial charge in [-0.25, -0.2) is 4.98 Å². The van der Waals surface area contributed by atoms with Gasteiger partial charge in [0.1, 0.15) is 11.4 Å². The van der Waals surface area contributed by atoms with Crippen LogP contribution in [0.5, 0.6) is 0 Å². The zero-order chi connectivity index (χ0) is 13.5. The molecule has 0 bridgehead atoms. The Labute approximate surface area is 103 Å². The van der Waals surface area contributed by atoms with E-state index >= 15 is 0 Å². The molecule has 0 saturated carbocycles. The summed E-state index contributed by atoms with van der Waals surface area (Å²) >= 11 is 0. The molecule has 0 fully saturated rings. The van der Waals surface area contributed by atoms with E-state index in [9.17, 15) is 4.79 Å². The van der Waals surface area contributed by atoms with Gasteiger partial charge in [-0.05, 0) is 6.08 Å². The predicted molar refractivity (Wildman–Crippen MR) is 71.8 cm³/mol. The van der Waals surface area contributed by atoms with Crippen LogP contribution in [0.3, 0.4) is 0 Å². The Kier molecular flexibility index (Phi) is 4.61. The Hall–Kier alpha value is -2.64. The first-order valence-electron chi connectivity index (χ1n) is 5.14. The average molecular weight is 249 g/mol. The molecule has 1 aromatic heterocycles. The van der Waals surface area contributed by atoms with Gasteiger partial charge in [0.2, 0.25) is 5.95 Å². The van der Waals surface area contributed by atoms with Crippen molar-refractivity contribution >= 4 is 24.1 Å². The molecule has 0 aliphatic rings. The van der Waals surface area contributed by atoms with Gasteiger partial charge >= 0.3 is 0 Å². The highest BCUT2D eigenvalue weighted by atomic mass is 16.1. The van der Waals surface area contributed by atoms with Gasteiger partial charge in [0, 0.05) is 25.2 Å². The van der Waals surface area contributed by atoms with Crippen molar-refractivity contribution in [3.8, 4) is 0 Å². The molecule has 0 atom stereocenters. The molecular weight excluding hydrogens is 234 g/mol. The first kappa shape index (κ1) is 13.4. The van der Waals surface area contributed by atoms with Crippen molar-refractivity contribution in [3.05, 3.63) is 27.8 Å². The molecule has 1 heterocycles. The van der Waals surface area contributed by atoms with Crippen LogP contribution in [-0.2, 0) is 0 Å². The number of H-pyrrole nitrogens is 1. The Morgan fingerprint density at radius 1 is 1.56 bits per heavy atom. The summed E-state index contributed by atoms with van der Waals surface area (Å²) in [6.07, 6.45) is 3.48. The zero-order valence-electron chi connectivity index (χ0n) is 9.87. The van der Waals surface area contributed by atoms with Crippen LogP contribution in [-0.4, -0.2) is 36.0 Å². The van der Waals surface area contributed by atoms with Crippen molar-refractivity contribution < 1.29 is 0 Å². The standard InChI is InChI=1S/C10H15N7O/c1-14-8-7(4-12)16-10(17-9(8)18)15-5-6(13)2-3-11/h2-4,11-12,14H,5,13H2,1H3,(H2,15,16,17,18). The molecular formula is C10H15N7O. The highest BCUT2D eigenvalue weighted by Crippen LogP contribution is 2.05. The fourth-order valence-corrected chi connectivity index (χ4v) is 1.27. The molecule has 0 spiro atoms. The van der Waals surface area contributed by atoms with Crippen LogP contribution >= 0.6 is 0 Å². The molecule has 8 nitrogen and oxygen atoms in total. The van der Waals surface area contributed by atoms with Gasteiger partial charge in [-0.15, -0.1) is 0 Å². The van der Waals surface area contributed by atoms with Crippen molar-refractivity contribution in [1.29, 1.82) is 10.8 Å². The summed E-state index contributed by atoms with van der Waals surface area (Å²) in [7, 11) is 1.58. The summed E-state index contributed by atoms with van der Waals surface area (Å²) in [5, 5.41) is 19.5. The Morgan fingerprint density at radius 2 is 2.28 bits per heavy atom. The van der Waals surface area contributed by atoms with Crippen LogP contribution < -0.4 is 21.9 Å². The molecule has 0 unspecified atom stereocenters. The minimum Gasteiger partial charge on any atom is -0.401 e. The molecule has 8 heteroatoms. The SMILES string of the molecule is CNc1c(C=N)nc(NCC(N)=CC=N)[nH]c1=O. The third-order valence-electron chi connectivity index (χ3n) is 2.09. The maximum absolute atomic E-state index is 11.6. The third-order valence-corrected chi connectivity index (χ3v) is 2.09. The second kappa shape index (κ2) is 6.18. The Bertz CT molecular complexity index is 532. The van der Waals surface area contributed by atoms with E-state index in [2.05, 4.69) is 20.6 Å².